The van der Waals surface area contributed by atoms with Gasteiger partial charge in [-0.15, -0.1) is 0 Å². The molecule has 0 aliphatic rings. The molecule has 0 saturated heterocycles. The molecule has 0 atom stereocenters. The van der Waals surface area contributed by atoms with Gasteiger partial charge in [0.1, 0.15) is 0 Å². The Morgan fingerprint density at radius 2 is 1.06 bits per heavy atom. The molecule has 0 bridgehead atoms. The molecule has 0 rings (SSSR count). The first-order valence-electron chi connectivity index (χ1n) is 4.85. The number of rotatable bonds is 3. The Balaban J connectivity index is -0.0000000417. The van der Waals surface area contributed by atoms with Gasteiger partial charge in [-0.1, -0.05) is 0 Å². The molecule has 0 aromatic heterocycles. The van der Waals surface area contributed by atoms with E-state index in [0.717, 1.165) is 13.2 Å². The Morgan fingerprint density at radius 3 is 1.06 bits per heavy atom. The summed E-state index contributed by atoms with van der Waals surface area (Å²) in [6.45, 7) is 7.35. The van der Waals surface area contributed by atoms with Crippen LogP contribution in [0.3, 0.4) is 0 Å². The van der Waals surface area contributed by atoms with Gasteiger partial charge in [0, 0.05) is 19.8 Å². The summed E-state index contributed by atoms with van der Waals surface area (Å²) in [4.78, 5) is 0. The van der Waals surface area contributed by atoms with Crippen molar-refractivity contribution >= 4 is 40.0 Å². The summed E-state index contributed by atoms with van der Waals surface area (Å²) >= 11 is 0. The van der Waals surface area contributed by atoms with Gasteiger partial charge < -0.3 is 20.1 Å². The molecule has 0 aliphatic carbocycles. The topological polar surface area (TPSA) is 145 Å². The van der Waals surface area contributed by atoms with E-state index in [1.807, 2.05) is 13.8 Å². The number of hydrogen-bond donors (Lipinski definition) is 5. The molecule has 10 heteroatoms. The first-order valence-corrected chi connectivity index (χ1v) is 6.24. The van der Waals surface area contributed by atoms with Gasteiger partial charge in [0.05, 0.1) is 13.2 Å². The van der Waals surface area contributed by atoms with Gasteiger partial charge in [0.2, 0.25) is 0 Å². The average Bonchev–Trinajstić information content (AvgIpc) is 2.18. The third-order valence-electron chi connectivity index (χ3n) is 0.508. The van der Waals surface area contributed by atoms with E-state index in [-0.39, 0.29) is 49.4 Å². The van der Waals surface area contributed by atoms with Crippen LogP contribution in [0.25, 0.3) is 0 Å². The van der Waals surface area contributed by atoms with Crippen molar-refractivity contribution in [2.75, 3.05) is 33.0 Å². The number of hydrogen-bond acceptors (Lipinski definition) is 6. The van der Waals surface area contributed by atoms with E-state index in [1.54, 1.807) is 6.92 Å². The number of aliphatic hydroxyl groups excluding tert-OH is 3. The molecule has 0 heterocycles. The van der Waals surface area contributed by atoms with E-state index in [1.165, 1.54) is 0 Å². The molecule has 5 N–H and O–H groups in total. The van der Waals surface area contributed by atoms with Gasteiger partial charge in [-0.25, -0.2) is 0 Å². The van der Waals surface area contributed by atoms with Crippen LogP contribution in [0.4, 0.5) is 0 Å². The van der Waals surface area contributed by atoms with Gasteiger partial charge in [-0.05, 0) is 20.8 Å². The van der Waals surface area contributed by atoms with Crippen LogP contribution in [-0.4, -0.2) is 95.4 Å². The standard InChI is InChI=1S/C4H10O.C2H6O2.C2H6O.Na.H2O4S.H/c1-3-5-4-2;3-1-2-4;1-2-3;;1-5(2,3)4;/h3-4H2,1-2H3;3-4H,1-2H2;3H,2H2,1H3;;(H2,1,2,3,4);. The second-order valence-electron chi connectivity index (χ2n) is 1.99. The van der Waals surface area contributed by atoms with Gasteiger partial charge in [0.15, 0.2) is 0 Å². The molecule has 0 aromatic rings. The van der Waals surface area contributed by atoms with Crippen LogP contribution in [0, 0.1) is 0 Å². The average molecular weight is 304 g/mol. The molecule has 112 valence electrons. The van der Waals surface area contributed by atoms with E-state index in [9.17, 15) is 0 Å². The Morgan fingerprint density at radius 1 is 0.889 bits per heavy atom. The Bertz CT molecular complexity index is 174. The molecular weight excluding hydrogens is 279 g/mol. The fourth-order valence-corrected chi connectivity index (χ4v) is 0.204. The summed E-state index contributed by atoms with van der Waals surface area (Å²) in [6, 6.07) is 0. The van der Waals surface area contributed by atoms with Crippen LogP contribution < -0.4 is 0 Å². The zero-order valence-electron chi connectivity index (χ0n) is 10.4. The Kier molecular flexibility index (Phi) is 53.1. The van der Waals surface area contributed by atoms with Gasteiger partial charge in [-0.2, -0.15) is 8.42 Å². The normalized spacial score (nSPS) is 8.22. The van der Waals surface area contributed by atoms with E-state index >= 15 is 0 Å². The summed E-state index contributed by atoms with van der Waals surface area (Å²) in [5, 5.41) is 22.8. The second-order valence-corrected chi connectivity index (χ2v) is 2.89. The molecular formula is C8H25NaO8S. The molecule has 0 fully saturated rings. The van der Waals surface area contributed by atoms with Crippen LogP contribution in [-0.2, 0) is 15.1 Å². The molecule has 8 nitrogen and oxygen atoms in total. The fraction of sp³-hybridized carbons (Fsp3) is 1.00. The first kappa shape index (κ1) is 31.2. The number of aliphatic hydroxyl groups is 3. The number of ether oxygens (including phenoxy) is 1. The van der Waals surface area contributed by atoms with Crippen molar-refractivity contribution in [3.63, 3.8) is 0 Å². The molecule has 18 heavy (non-hydrogen) atoms. The zero-order chi connectivity index (χ0) is 14.7. The molecule has 0 saturated carbocycles. The second kappa shape index (κ2) is 30.6. The maximum absolute atomic E-state index is 8.74. The van der Waals surface area contributed by atoms with E-state index in [4.69, 9.17) is 37.6 Å². The van der Waals surface area contributed by atoms with E-state index < -0.39 is 10.4 Å². The van der Waals surface area contributed by atoms with Crippen LogP contribution in [0.1, 0.15) is 20.8 Å². The van der Waals surface area contributed by atoms with Gasteiger partial charge in [-0.3, -0.25) is 9.11 Å². The summed E-state index contributed by atoms with van der Waals surface area (Å²) in [5.41, 5.74) is 0. The quantitative estimate of drug-likeness (QED) is 0.320. The van der Waals surface area contributed by atoms with Crippen LogP contribution in [0.5, 0.6) is 0 Å². The predicted octanol–water partition coefficient (Wildman–Crippen LogP) is -1.29. The SMILES string of the molecule is CCO.CCOCC.O=S(=O)(O)O.OCCO.[NaH]. The van der Waals surface area contributed by atoms with Crippen molar-refractivity contribution in [1.82, 2.24) is 0 Å². The van der Waals surface area contributed by atoms with Crippen molar-refractivity contribution in [2.24, 2.45) is 0 Å². The minimum absolute atomic E-state index is 0. The minimum atomic E-state index is -4.67. The van der Waals surface area contributed by atoms with Crippen LogP contribution in [0.15, 0.2) is 0 Å². The van der Waals surface area contributed by atoms with Gasteiger partial charge >= 0.3 is 40.0 Å². The molecule has 0 aliphatic heterocycles. The van der Waals surface area contributed by atoms with Gasteiger partial charge in [0.25, 0.3) is 0 Å². The Hall–Kier alpha value is 0.710. The van der Waals surface area contributed by atoms with Crippen molar-refractivity contribution in [2.45, 2.75) is 20.8 Å². The third kappa shape index (κ3) is 300. The fourth-order valence-electron chi connectivity index (χ4n) is 0.204. The zero-order valence-corrected chi connectivity index (χ0v) is 11.2. The summed E-state index contributed by atoms with van der Waals surface area (Å²) in [7, 11) is -4.67. The first-order chi connectivity index (χ1) is 7.74. The monoisotopic (exact) mass is 304 g/mol. The maximum atomic E-state index is 8.74. The van der Waals surface area contributed by atoms with E-state index in [0.29, 0.717) is 0 Å². The van der Waals surface area contributed by atoms with Crippen molar-refractivity contribution in [3.05, 3.63) is 0 Å². The van der Waals surface area contributed by atoms with Crippen molar-refractivity contribution in [1.29, 1.82) is 0 Å². The van der Waals surface area contributed by atoms with E-state index in [2.05, 4.69) is 0 Å². The summed E-state index contributed by atoms with van der Waals surface area (Å²) in [6.07, 6.45) is 0. The van der Waals surface area contributed by atoms with Crippen LogP contribution in [0.2, 0.25) is 0 Å². The van der Waals surface area contributed by atoms with Crippen molar-refractivity contribution < 1.29 is 37.6 Å². The molecule has 0 aromatic carbocycles. The molecule has 0 radical (unpaired) electrons. The molecule has 0 spiro atoms. The third-order valence-corrected chi connectivity index (χ3v) is 0.508. The summed E-state index contributed by atoms with van der Waals surface area (Å²) in [5.74, 6) is 0. The van der Waals surface area contributed by atoms with Crippen molar-refractivity contribution in [3.8, 4) is 0 Å². The summed E-state index contributed by atoms with van der Waals surface area (Å²) < 4.78 is 36.4. The van der Waals surface area contributed by atoms with Crippen LogP contribution >= 0.6 is 0 Å². The molecule has 0 unspecified atom stereocenters. The molecule has 0 amide bonds. The Labute approximate surface area is 131 Å². The predicted molar refractivity (Wildman–Crippen MR) is 70.4 cm³/mol.